The maximum Gasteiger partial charge on any atom is 0.306 e. The van der Waals surface area contributed by atoms with Crippen LogP contribution in [0.5, 0.6) is 0 Å². The highest BCUT2D eigenvalue weighted by molar-refractivity contribution is 5.92. The van der Waals surface area contributed by atoms with E-state index in [4.69, 9.17) is 4.74 Å². The van der Waals surface area contributed by atoms with E-state index in [1.54, 1.807) is 27.0 Å². The lowest BCUT2D eigenvalue weighted by Gasteiger charge is -2.19. The normalized spacial score (nSPS) is 11.0. The molecule has 0 aromatic carbocycles. The number of carbonyl (C=O) groups excluding carboxylic acids is 2. The first-order valence-corrected chi connectivity index (χ1v) is 5.37. The van der Waals surface area contributed by atoms with Gasteiger partial charge in [-0.3, -0.25) is 14.7 Å². The molecule has 0 aliphatic rings. The number of nitrogens with zero attached hydrogens (tertiary/aromatic N) is 1. The lowest BCUT2D eigenvalue weighted by Crippen LogP contribution is -2.24. The van der Waals surface area contributed by atoms with Crippen LogP contribution in [0.1, 0.15) is 33.6 Å². The molecule has 1 heterocycles. The number of anilines is 1. The van der Waals surface area contributed by atoms with Crippen molar-refractivity contribution in [3.8, 4) is 0 Å². The molecule has 0 fully saturated rings. The van der Waals surface area contributed by atoms with Gasteiger partial charge in [-0.25, -0.2) is 0 Å². The van der Waals surface area contributed by atoms with Gasteiger partial charge >= 0.3 is 5.97 Å². The van der Waals surface area contributed by atoms with Gasteiger partial charge in [-0.2, -0.15) is 5.10 Å². The SMILES string of the molecule is CC(C)(C)OC(=O)CCC(=O)Nc1cn[nH]c1. The smallest absolute Gasteiger partial charge is 0.306 e. The fourth-order valence-electron chi connectivity index (χ4n) is 1.15. The molecule has 0 atom stereocenters. The summed E-state index contributed by atoms with van der Waals surface area (Å²) in [5.41, 5.74) is 0.0668. The topological polar surface area (TPSA) is 84.1 Å². The first kappa shape index (κ1) is 13.2. The predicted molar refractivity (Wildman–Crippen MR) is 62.3 cm³/mol. The summed E-state index contributed by atoms with van der Waals surface area (Å²) >= 11 is 0. The number of carbonyl (C=O) groups is 2. The minimum absolute atomic E-state index is 0.0704. The number of amides is 1. The Morgan fingerprint density at radius 2 is 2.12 bits per heavy atom. The second-order valence-electron chi connectivity index (χ2n) is 4.62. The van der Waals surface area contributed by atoms with Gasteiger partial charge in [0.1, 0.15) is 5.60 Å². The third-order valence-corrected chi connectivity index (χ3v) is 1.76. The van der Waals surface area contributed by atoms with E-state index in [1.165, 1.54) is 6.20 Å². The summed E-state index contributed by atoms with van der Waals surface area (Å²) in [4.78, 5) is 22.8. The molecule has 0 spiro atoms. The van der Waals surface area contributed by atoms with Crippen molar-refractivity contribution in [2.24, 2.45) is 0 Å². The maximum atomic E-state index is 11.4. The molecule has 0 aliphatic heterocycles. The number of H-pyrrole nitrogens is 1. The zero-order valence-corrected chi connectivity index (χ0v) is 10.2. The number of hydrogen-bond acceptors (Lipinski definition) is 4. The lowest BCUT2D eigenvalue weighted by molar-refractivity contribution is -0.155. The average molecular weight is 239 g/mol. The molecule has 0 unspecified atom stereocenters. The number of aromatic nitrogens is 2. The summed E-state index contributed by atoms with van der Waals surface area (Å²) in [5, 5.41) is 8.86. The van der Waals surface area contributed by atoms with Crippen LogP contribution in [-0.2, 0) is 14.3 Å². The molecular weight excluding hydrogens is 222 g/mol. The Hall–Kier alpha value is -1.85. The van der Waals surface area contributed by atoms with E-state index in [0.29, 0.717) is 5.69 Å². The molecule has 17 heavy (non-hydrogen) atoms. The number of rotatable bonds is 4. The van der Waals surface area contributed by atoms with Gasteiger partial charge < -0.3 is 10.1 Å². The van der Waals surface area contributed by atoms with Gasteiger partial charge in [-0.15, -0.1) is 0 Å². The minimum Gasteiger partial charge on any atom is -0.460 e. The highest BCUT2D eigenvalue weighted by Gasteiger charge is 2.17. The van der Waals surface area contributed by atoms with Crippen LogP contribution >= 0.6 is 0 Å². The molecule has 2 N–H and O–H groups in total. The molecule has 1 amide bonds. The van der Waals surface area contributed by atoms with Crippen LogP contribution in [0.15, 0.2) is 12.4 Å². The van der Waals surface area contributed by atoms with Crippen molar-refractivity contribution < 1.29 is 14.3 Å². The van der Waals surface area contributed by atoms with E-state index in [2.05, 4.69) is 15.5 Å². The zero-order valence-electron chi connectivity index (χ0n) is 10.2. The third kappa shape index (κ3) is 5.70. The van der Waals surface area contributed by atoms with E-state index < -0.39 is 5.60 Å². The molecule has 0 aliphatic carbocycles. The Bertz CT molecular complexity index is 379. The standard InChI is InChI=1S/C11H17N3O3/c1-11(2,3)17-10(16)5-4-9(15)14-8-6-12-13-7-8/h6-7H,4-5H2,1-3H3,(H,12,13)(H,14,15). The van der Waals surface area contributed by atoms with Crippen molar-refractivity contribution in [1.29, 1.82) is 0 Å². The van der Waals surface area contributed by atoms with Crippen molar-refractivity contribution in [3.05, 3.63) is 12.4 Å². The lowest BCUT2D eigenvalue weighted by atomic mass is 10.2. The maximum absolute atomic E-state index is 11.4. The van der Waals surface area contributed by atoms with Crippen molar-refractivity contribution in [2.75, 3.05) is 5.32 Å². The van der Waals surface area contributed by atoms with Gasteiger partial charge in [0.05, 0.1) is 18.3 Å². The summed E-state index contributed by atoms with van der Waals surface area (Å²) < 4.78 is 5.09. The summed E-state index contributed by atoms with van der Waals surface area (Å²) in [6, 6.07) is 0. The van der Waals surface area contributed by atoms with Crippen molar-refractivity contribution in [1.82, 2.24) is 10.2 Å². The summed E-state index contributed by atoms with van der Waals surface area (Å²) in [6.07, 6.45) is 3.22. The van der Waals surface area contributed by atoms with Crippen LogP contribution in [0.25, 0.3) is 0 Å². The first-order chi connectivity index (χ1) is 7.87. The van der Waals surface area contributed by atoms with Crippen LogP contribution in [0.4, 0.5) is 5.69 Å². The van der Waals surface area contributed by atoms with E-state index in [0.717, 1.165) is 0 Å². The number of hydrogen-bond donors (Lipinski definition) is 2. The van der Waals surface area contributed by atoms with Gasteiger partial charge in [0.25, 0.3) is 0 Å². The van der Waals surface area contributed by atoms with Crippen molar-refractivity contribution >= 4 is 17.6 Å². The highest BCUT2D eigenvalue weighted by atomic mass is 16.6. The fourth-order valence-corrected chi connectivity index (χ4v) is 1.15. The largest absolute Gasteiger partial charge is 0.460 e. The van der Waals surface area contributed by atoms with Crippen molar-refractivity contribution in [3.63, 3.8) is 0 Å². The van der Waals surface area contributed by atoms with Crippen molar-refractivity contribution in [2.45, 2.75) is 39.2 Å². The summed E-state index contributed by atoms with van der Waals surface area (Å²) in [7, 11) is 0. The molecule has 94 valence electrons. The highest BCUT2D eigenvalue weighted by Crippen LogP contribution is 2.09. The van der Waals surface area contributed by atoms with E-state index >= 15 is 0 Å². The van der Waals surface area contributed by atoms with Crippen LogP contribution in [0.3, 0.4) is 0 Å². The van der Waals surface area contributed by atoms with E-state index in [9.17, 15) is 9.59 Å². The fraction of sp³-hybridized carbons (Fsp3) is 0.545. The molecule has 0 saturated heterocycles. The Labute approximate surface area is 99.7 Å². The molecule has 0 radical (unpaired) electrons. The Morgan fingerprint density at radius 3 is 2.65 bits per heavy atom. The molecule has 0 saturated carbocycles. The van der Waals surface area contributed by atoms with Crippen LogP contribution < -0.4 is 5.32 Å². The molecule has 6 nitrogen and oxygen atoms in total. The zero-order chi connectivity index (χ0) is 12.9. The van der Waals surface area contributed by atoms with Gasteiger partial charge in [-0.05, 0) is 20.8 Å². The Balaban J connectivity index is 2.26. The predicted octanol–water partition coefficient (Wildman–Crippen LogP) is 1.47. The Kier molecular flexibility index (Phi) is 4.25. The number of esters is 1. The monoisotopic (exact) mass is 239 g/mol. The summed E-state index contributed by atoms with van der Waals surface area (Å²) in [6.45, 7) is 5.36. The van der Waals surface area contributed by atoms with Gasteiger partial charge in [-0.1, -0.05) is 0 Å². The molecule has 1 aromatic rings. The number of nitrogens with one attached hydrogen (secondary N) is 2. The number of aromatic amines is 1. The quantitative estimate of drug-likeness (QED) is 0.779. The number of ether oxygens (including phenoxy) is 1. The van der Waals surface area contributed by atoms with Gasteiger partial charge in [0.15, 0.2) is 0 Å². The molecule has 0 bridgehead atoms. The Morgan fingerprint density at radius 1 is 1.41 bits per heavy atom. The molecular formula is C11H17N3O3. The third-order valence-electron chi connectivity index (χ3n) is 1.76. The van der Waals surface area contributed by atoms with Gasteiger partial charge in [0, 0.05) is 12.6 Å². The second kappa shape index (κ2) is 5.47. The van der Waals surface area contributed by atoms with Crippen LogP contribution in [-0.4, -0.2) is 27.7 Å². The second-order valence-corrected chi connectivity index (χ2v) is 4.62. The molecule has 1 aromatic heterocycles. The van der Waals surface area contributed by atoms with E-state index in [-0.39, 0.29) is 24.7 Å². The molecule has 6 heteroatoms. The summed E-state index contributed by atoms with van der Waals surface area (Å²) in [5.74, 6) is -0.614. The van der Waals surface area contributed by atoms with Crippen LogP contribution in [0, 0.1) is 0 Å². The van der Waals surface area contributed by atoms with Gasteiger partial charge in [0.2, 0.25) is 5.91 Å². The average Bonchev–Trinajstić information content (AvgIpc) is 2.64. The molecule has 1 rings (SSSR count). The van der Waals surface area contributed by atoms with Crippen LogP contribution in [0.2, 0.25) is 0 Å². The minimum atomic E-state index is -0.516. The first-order valence-electron chi connectivity index (χ1n) is 5.37. The van der Waals surface area contributed by atoms with E-state index in [1.807, 2.05) is 0 Å².